The molecule has 3 aromatic rings. The Kier molecular flexibility index (Phi) is 4.14. The molecule has 1 saturated heterocycles. The van der Waals surface area contributed by atoms with Gasteiger partial charge in [0.15, 0.2) is 0 Å². The van der Waals surface area contributed by atoms with Crippen LogP contribution in [-0.4, -0.2) is 28.9 Å². The minimum atomic E-state index is 0.245. The maximum absolute atomic E-state index is 12.5. The Hall–Kier alpha value is -1.72. The molecule has 1 amide bonds. The normalized spacial score (nSPS) is 18.4. The highest BCUT2D eigenvalue weighted by Gasteiger charge is 2.26. The van der Waals surface area contributed by atoms with E-state index in [-0.39, 0.29) is 5.91 Å². The average Bonchev–Trinajstić information content (AvgIpc) is 3.24. The highest BCUT2D eigenvalue weighted by atomic mass is 32.1. The van der Waals surface area contributed by atoms with Gasteiger partial charge in [-0.25, -0.2) is 4.98 Å². The second-order valence-electron chi connectivity index (χ2n) is 6.01. The van der Waals surface area contributed by atoms with E-state index in [4.69, 9.17) is 4.98 Å². The summed E-state index contributed by atoms with van der Waals surface area (Å²) in [6.07, 6.45) is 2.72. The molecular formula is C18H18N2OS2. The Balaban J connectivity index is 1.49. The first-order chi connectivity index (χ1) is 11.3. The fraction of sp³-hybridized carbons (Fsp3) is 0.333. The second-order valence-corrected chi connectivity index (χ2v) is 7.85. The lowest BCUT2D eigenvalue weighted by molar-refractivity contribution is -0.131. The van der Waals surface area contributed by atoms with Gasteiger partial charge in [-0.3, -0.25) is 4.79 Å². The monoisotopic (exact) mass is 342 g/mol. The van der Waals surface area contributed by atoms with Crippen LogP contribution in [0.5, 0.6) is 0 Å². The number of benzene rings is 1. The first-order valence-electron chi connectivity index (χ1n) is 7.94. The number of rotatable bonds is 3. The van der Waals surface area contributed by atoms with Gasteiger partial charge in [0.05, 0.1) is 21.6 Å². The van der Waals surface area contributed by atoms with Gasteiger partial charge in [0, 0.05) is 19.0 Å². The van der Waals surface area contributed by atoms with Crippen molar-refractivity contribution in [2.45, 2.75) is 25.2 Å². The van der Waals surface area contributed by atoms with Crippen molar-refractivity contribution in [1.82, 2.24) is 9.88 Å². The third-order valence-electron chi connectivity index (χ3n) is 4.37. The van der Waals surface area contributed by atoms with Crippen molar-refractivity contribution >= 4 is 38.8 Å². The van der Waals surface area contributed by atoms with Crippen molar-refractivity contribution in [3.05, 3.63) is 51.7 Å². The van der Waals surface area contributed by atoms with Crippen LogP contribution in [0.25, 0.3) is 10.2 Å². The Morgan fingerprint density at radius 1 is 1.30 bits per heavy atom. The summed E-state index contributed by atoms with van der Waals surface area (Å²) in [5.41, 5.74) is 2.20. The van der Waals surface area contributed by atoms with Crippen LogP contribution in [0.15, 0.2) is 41.1 Å². The molecule has 1 aliphatic rings. The maximum atomic E-state index is 12.5. The molecule has 0 radical (unpaired) electrons. The number of thiazole rings is 1. The zero-order valence-electron chi connectivity index (χ0n) is 12.8. The number of amides is 1. The number of hydrogen-bond donors (Lipinski definition) is 0. The van der Waals surface area contributed by atoms with Gasteiger partial charge in [0.25, 0.3) is 0 Å². The number of nitrogens with zero attached hydrogens (tertiary/aromatic N) is 2. The number of piperidine rings is 1. The molecule has 1 fully saturated rings. The summed E-state index contributed by atoms with van der Waals surface area (Å²) in [4.78, 5) is 19.3. The molecule has 23 heavy (non-hydrogen) atoms. The summed E-state index contributed by atoms with van der Waals surface area (Å²) >= 11 is 3.42. The fourth-order valence-corrected chi connectivity index (χ4v) is 4.91. The van der Waals surface area contributed by atoms with E-state index in [1.165, 1.54) is 9.71 Å². The minimum Gasteiger partial charge on any atom is -0.342 e. The van der Waals surface area contributed by atoms with E-state index in [1.54, 1.807) is 22.7 Å². The quantitative estimate of drug-likeness (QED) is 0.711. The number of hydrogen-bond acceptors (Lipinski definition) is 4. The molecule has 0 unspecified atom stereocenters. The molecule has 0 spiro atoms. The van der Waals surface area contributed by atoms with E-state index in [9.17, 15) is 4.79 Å². The van der Waals surface area contributed by atoms with Crippen molar-refractivity contribution in [2.24, 2.45) is 0 Å². The highest BCUT2D eigenvalue weighted by Crippen LogP contribution is 2.33. The van der Waals surface area contributed by atoms with Gasteiger partial charge in [0.1, 0.15) is 0 Å². The molecule has 0 saturated carbocycles. The van der Waals surface area contributed by atoms with Crippen molar-refractivity contribution in [3.63, 3.8) is 0 Å². The number of likely N-dealkylation sites (tertiary alicyclic amines) is 1. The number of thiophene rings is 1. The van der Waals surface area contributed by atoms with Crippen LogP contribution >= 0.6 is 22.7 Å². The number of aromatic nitrogens is 1. The second kappa shape index (κ2) is 6.42. The highest BCUT2D eigenvalue weighted by molar-refractivity contribution is 7.18. The summed E-state index contributed by atoms with van der Waals surface area (Å²) in [6, 6.07) is 10.3. The van der Waals surface area contributed by atoms with Crippen molar-refractivity contribution in [3.8, 4) is 0 Å². The molecular weight excluding hydrogens is 324 g/mol. The van der Waals surface area contributed by atoms with Gasteiger partial charge < -0.3 is 4.90 Å². The van der Waals surface area contributed by atoms with E-state index in [0.717, 1.165) is 37.0 Å². The largest absolute Gasteiger partial charge is 0.342 e. The van der Waals surface area contributed by atoms with Crippen LogP contribution in [0.4, 0.5) is 0 Å². The molecule has 118 valence electrons. The smallest absolute Gasteiger partial charge is 0.227 e. The van der Waals surface area contributed by atoms with E-state index in [1.807, 2.05) is 22.4 Å². The van der Waals surface area contributed by atoms with Crippen LogP contribution in [0, 0.1) is 0 Å². The first-order valence-corrected chi connectivity index (χ1v) is 9.70. The lowest BCUT2D eigenvalue weighted by Crippen LogP contribution is -2.39. The fourth-order valence-electron chi connectivity index (χ4n) is 3.15. The Morgan fingerprint density at radius 3 is 3.04 bits per heavy atom. The standard InChI is InChI=1S/C18H18N2OS2/c21-17(10-13-7-9-22-12-13)20-8-3-4-14(11-20)18-19-15-5-1-2-6-16(15)23-18/h1-2,5-7,9,12,14H,3-4,8,10-11H2/t14-/m0/s1. The molecule has 5 heteroatoms. The predicted octanol–water partition coefficient (Wildman–Crippen LogP) is 4.31. The number of fused-ring (bicyclic) bond motifs is 1. The molecule has 3 heterocycles. The summed E-state index contributed by atoms with van der Waals surface area (Å²) in [6.45, 7) is 1.69. The van der Waals surface area contributed by atoms with Crippen LogP contribution in [0.1, 0.15) is 29.3 Å². The van der Waals surface area contributed by atoms with Crippen molar-refractivity contribution in [2.75, 3.05) is 13.1 Å². The Morgan fingerprint density at radius 2 is 2.22 bits per heavy atom. The third kappa shape index (κ3) is 3.16. The van der Waals surface area contributed by atoms with Crippen LogP contribution < -0.4 is 0 Å². The van der Waals surface area contributed by atoms with Crippen molar-refractivity contribution in [1.29, 1.82) is 0 Å². The number of carbonyl (C=O) groups is 1. The SMILES string of the molecule is O=C(Cc1ccsc1)N1CCC[C@H](c2nc3ccccc3s2)C1. The van der Waals surface area contributed by atoms with Crippen molar-refractivity contribution < 1.29 is 4.79 Å². The zero-order chi connectivity index (χ0) is 15.6. The molecule has 1 aliphatic heterocycles. The maximum Gasteiger partial charge on any atom is 0.227 e. The van der Waals surface area contributed by atoms with E-state index in [0.29, 0.717) is 12.3 Å². The summed E-state index contributed by atoms with van der Waals surface area (Å²) in [5, 5.41) is 5.27. The van der Waals surface area contributed by atoms with Gasteiger partial charge in [0.2, 0.25) is 5.91 Å². The summed E-state index contributed by atoms with van der Waals surface area (Å²) < 4.78 is 1.24. The summed E-state index contributed by atoms with van der Waals surface area (Å²) in [7, 11) is 0. The molecule has 3 nitrogen and oxygen atoms in total. The molecule has 1 aromatic carbocycles. The zero-order valence-corrected chi connectivity index (χ0v) is 14.4. The minimum absolute atomic E-state index is 0.245. The topological polar surface area (TPSA) is 33.2 Å². The van der Waals surface area contributed by atoms with E-state index in [2.05, 4.69) is 23.6 Å². The molecule has 2 aromatic heterocycles. The van der Waals surface area contributed by atoms with Gasteiger partial charge in [-0.05, 0) is 47.4 Å². The lowest BCUT2D eigenvalue weighted by atomic mass is 9.98. The van der Waals surface area contributed by atoms with Crippen LogP contribution in [-0.2, 0) is 11.2 Å². The van der Waals surface area contributed by atoms with Gasteiger partial charge in [-0.15, -0.1) is 11.3 Å². The van der Waals surface area contributed by atoms with Gasteiger partial charge in [-0.2, -0.15) is 11.3 Å². The molecule has 0 aliphatic carbocycles. The van der Waals surface area contributed by atoms with Gasteiger partial charge >= 0.3 is 0 Å². The summed E-state index contributed by atoms with van der Waals surface area (Å²) in [5.74, 6) is 0.627. The van der Waals surface area contributed by atoms with Crippen LogP contribution in [0.2, 0.25) is 0 Å². The van der Waals surface area contributed by atoms with E-state index < -0.39 is 0 Å². The molecule has 0 bridgehead atoms. The van der Waals surface area contributed by atoms with Gasteiger partial charge in [-0.1, -0.05) is 12.1 Å². The van der Waals surface area contributed by atoms with E-state index >= 15 is 0 Å². The lowest BCUT2D eigenvalue weighted by Gasteiger charge is -2.31. The molecule has 4 rings (SSSR count). The predicted molar refractivity (Wildman–Crippen MR) is 96.2 cm³/mol. The first kappa shape index (κ1) is 14.8. The molecule has 0 N–H and O–H groups in total. The Labute approximate surface area is 143 Å². The molecule has 1 atom stereocenters. The van der Waals surface area contributed by atoms with Crippen LogP contribution in [0.3, 0.4) is 0 Å². The Bertz CT molecular complexity index is 776. The average molecular weight is 342 g/mol. The number of para-hydroxylation sites is 1. The third-order valence-corrected chi connectivity index (χ3v) is 6.30. The number of carbonyl (C=O) groups excluding carboxylic acids is 1.